The van der Waals surface area contributed by atoms with Crippen LogP contribution in [0.3, 0.4) is 0 Å². The molecule has 0 aromatic heterocycles. The number of nitrogens with zero attached hydrogens (tertiary/aromatic N) is 3. The van der Waals surface area contributed by atoms with Gasteiger partial charge in [0.15, 0.2) is 0 Å². The zero-order chi connectivity index (χ0) is 17.0. The van der Waals surface area contributed by atoms with Crippen LogP contribution in [0.1, 0.15) is 12.5 Å². The highest BCUT2D eigenvalue weighted by Gasteiger charge is 2.14. The largest absolute Gasteiger partial charge is 0.366 e. The molecule has 0 spiro atoms. The van der Waals surface area contributed by atoms with Gasteiger partial charge in [0.2, 0.25) is 0 Å². The molecule has 23 heavy (non-hydrogen) atoms. The predicted molar refractivity (Wildman–Crippen MR) is 97.1 cm³/mol. The molecule has 0 radical (unpaired) electrons. The Morgan fingerprint density at radius 1 is 1.17 bits per heavy atom. The number of benzene rings is 2. The van der Waals surface area contributed by atoms with Gasteiger partial charge in [-0.3, -0.25) is 0 Å². The zero-order valence-corrected chi connectivity index (χ0v) is 14.6. The fraction of sp³-hybridized carbons (Fsp3) is 0.278. The van der Waals surface area contributed by atoms with E-state index in [-0.39, 0.29) is 5.82 Å². The smallest absolute Gasteiger partial charge is 0.146 e. The molecule has 2 aromatic carbocycles. The van der Waals surface area contributed by atoms with Crippen LogP contribution < -0.4 is 4.90 Å². The third kappa shape index (κ3) is 4.02. The van der Waals surface area contributed by atoms with E-state index in [0.717, 1.165) is 23.5 Å². The highest BCUT2D eigenvalue weighted by molar-refractivity contribution is 6.31. The molecule has 0 amide bonds. The fourth-order valence-corrected chi connectivity index (χ4v) is 2.44. The molecule has 0 bridgehead atoms. The molecule has 0 unspecified atom stereocenters. The summed E-state index contributed by atoms with van der Waals surface area (Å²) < 4.78 is 14.0. The third-order valence-corrected chi connectivity index (χ3v) is 4.00. The van der Waals surface area contributed by atoms with Crippen molar-refractivity contribution in [2.45, 2.75) is 13.8 Å². The molecule has 0 fully saturated rings. The van der Waals surface area contributed by atoms with Crippen molar-refractivity contribution in [3.63, 3.8) is 0 Å². The van der Waals surface area contributed by atoms with E-state index in [2.05, 4.69) is 4.99 Å². The molecule has 0 aliphatic carbocycles. The lowest BCUT2D eigenvalue weighted by atomic mass is 10.1. The van der Waals surface area contributed by atoms with Gasteiger partial charge in [-0.25, -0.2) is 9.38 Å². The van der Waals surface area contributed by atoms with Crippen LogP contribution in [0.5, 0.6) is 0 Å². The van der Waals surface area contributed by atoms with E-state index in [1.807, 2.05) is 51.0 Å². The molecular formula is C18H21ClFN3. The first-order chi connectivity index (χ1) is 10.9. The Morgan fingerprint density at radius 3 is 2.52 bits per heavy atom. The fourth-order valence-electron chi connectivity index (χ4n) is 2.23. The van der Waals surface area contributed by atoms with Crippen molar-refractivity contribution < 1.29 is 4.39 Å². The predicted octanol–water partition coefficient (Wildman–Crippen LogP) is 5.17. The lowest BCUT2D eigenvalue weighted by Gasteiger charge is -2.23. The number of rotatable bonds is 5. The summed E-state index contributed by atoms with van der Waals surface area (Å²) in [5.74, 6) is -0.273. The van der Waals surface area contributed by atoms with Gasteiger partial charge in [-0.2, -0.15) is 0 Å². The molecule has 122 valence electrons. The summed E-state index contributed by atoms with van der Waals surface area (Å²) in [5.41, 5.74) is 3.05. The summed E-state index contributed by atoms with van der Waals surface area (Å²) in [4.78, 5) is 8.26. The van der Waals surface area contributed by atoms with Crippen LogP contribution in [0.4, 0.5) is 21.5 Å². The Balaban J connectivity index is 2.45. The first-order valence-electron chi connectivity index (χ1n) is 7.46. The Labute approximate surface area is 142 Å². The van der Waals surface area contributed by atoms with E-state index in [0.29, 0.717) is 10.7 Å². The van der Waals surface area contributed by atoms with Crippen LogP contribution >= 0.6 is 11.6 Å². The molecular weight excluding hydrogens is 313 g/mol. The van der Waals surface area contributed by atoms with Crippen LogP contribution in [0, 0.1) is 12.7 Å². The van der Waals surface area contributed by atoms with E-state index >= 15 is 0 Å². The molecule has 0 heterocycles. The molecule has 3 nitrogen and oxygen atoms in total. The standard InChI is InChI=1S/C18H21ClFN3/c1-5-22(3)12-21-16-10-14(19)11-18(13(16)2)23(4)17-9-7-6-8-15(17)20/h6-12H,5H2,1-4H3. The maximum Gasteiger partial charge on any atom is 0.146 e. The second kappa shape index (κ2) is 7.47. The highest BCUT2D eigenvalue weighted by Crippen LogP contribution is 2.36. The highest BCUT2D eigenvalue weighted by atomic mass is 35.5. The lowest BCUT2D eigenvalue weighted by molar-refractivity contribution is 0.552. The quantitative estimate of drug-likeness (QED) is 0.555. The number of halogens is 2. The SMILES string of the molecule is CCN(C)C=Nc1cc(Cl)cc(N(C)c2ccccc2F)c1C. The summed E-state index contributed by atoms with van der Waals surface area (Å²) >= 11 is 6.23. The summed E-state index contributed by atoms with van der Waals surface area (Å²) in [6.07, 6.45) is 1.77. The van der Waals surface area contributed by atoms with E-state index in [9.17, 15) is 4.39 Å². The van der Waals surface area contributed by atoms with Crippen LogP contribution in [0.25, 0.3) is 0 Å². The summed E-state index contributed by atoms with van der Waals surface area (Å²) in [7, 11) is 3.78. The first-order valence-corrected chi connectivity index (χ1v) is 7.84. The second-order valence-electron chi connectivity index (χ2n) is 5.40. The van der Waals surface area contributed by atoms with Crippen molar-refractivity contribution in [3.8, 4) is 0 Å². The second-order valence-corrected chi connectivity index (χ2v) is 5.83. The van der Waals surface area contributed by atoms with Gasteiger partial charge >= 0.3 is 0 Å². The zero-order valence-electron chi connectivity index (χ0n) is 13.8. The van der Waals surface area contributed by atoms with Gasteiger partial charge in [0.05, 0.1) is 17.7 Å². The Hall–Kier alpha value is -2.07. The molecule has 2 rings (SSSR count). The van der Waals surface area contributed by atoms with Crippen molar-refractivity contribution in [2.24, 2.45) is 4.99 Å². The normalized spacial score (nSPS) is 11.0. The minimum absolute atomic E-state index is 0.273. The van der Waals surface area contributed by atoms with E-state index in [4.69, 9.17) is 11.6 Å². The molecule has 0 aliphatic rings. The topological polar surface area (TPSA) is 18.8 Å². The van der Waals surface area contributed by atoms with Crippen LogP contribution in [-0.2, 0) is 0 Å². The van der Waals surface area contributed by atoms with Gasteiger partial charge in [0.1, 0.15) is 5.82 Å². The lowest BCUT2D eigenvalue weighted by Crippen LogP contribution is -2.14. The number of para-hydroxylation sites is 1. The number of hydrogen-bond acceptors (Lipinski definition) is 2. The van der Waals surface area contributed by atoms with Crippen molar-refractivity contribution in [1.29, 1.82) is 0 Å². The van der Waals surface area contributed by atoms with Gasteiger partial charge in [-0.05, 0) is 43.7 Å². The van der Waals surface area contributed by atoms with E-state index < -0.39 is 0 Å². The van der Waals surface area contributed by atoms with Gasteiger partial charge in [0, 0.05) is 31.4 Å². The van der Waals surface area contributed by atoms with Gasteiger partial charge < -0.3 is 9.80 Å². The average molecular weight is 334 g/mol. The minimum Gasteiger partial charge on any atom is -0.366 e. The maximum absolute atomic E-state index is 14.0. The molecule has 0 atom stereocenters. The Bertz CT molecular complexity index is 715. The van der Waals surface area contributed by atoms with Crippen molar-refractivity contribution >= 4 is 35.0 Å². The van der Waals surface area contributed by atoms with E-state index in [1.54, 1.807) is 23.4 Å². The first kappa shape index (κ1) is 17.3. The number of hydrogen-bond donors (Lipinski definition) is 0. The maximum atomic E-state index is 14.0. The third-order valence-electron chi connectivity index (χ3n) is 3.79. The molecule has 5 heteroatoms. The Kier molecular flexibility index (Phi) is 5.61. The Morgan fingerprint density at radius 2 is 1.87 bits per heavy atom. The van der Waals surface area contributed by atoms with Gasteiger partial charge in [-0.15, -0.1) is 0 Å². The van der Waals surface area contributed by atoms with Gasteiger partial charge in [-0.1, -0.05) is 23.7 Å². The molecule has 0 saturated carbocycles. The van der Waals surface area contributed by atoms with E-state index in [1.165, 1.54) is 6.07 Å². The molecule has 2 aromatic rings. The van der Waals surface area contributed by atoms with Crippen LogP contribution in [0.15, 0.2) is 41.4 Å². The summed E-state index contributed by atoms with van der Waals surface area (Å²) in [6.45, 7) is 4.88. The average Bonchev–Trinajstić information content (AvgIpc) is 2.54. The van der Waals surface area contributed by atoms with Crippen LogP contribution in [-0.4, -0.2) is 31.9 Å². The minimum atomic E-state index is -0.273. The molecule has 0 aliphatic heterocycles. The van der Waals surface area contributed by atoms with Crippen molar-refractivity contribution in [1.82, 2.24) is 4.90 Å². The molecule has 0 saturated heterocycles. The summed E-state index contributed by atoms with van der Waals surface area (Å²) in [6, 6.07) is 10.3. The van der Waals surface area contributed by atoms with Crippen molar-refractivity contribution in [3.05, 3.63) is 52.8 Å². The van der Waals surface area contributed by atoms with Crippen molar-refractivity contribution in [2.75, 3.05) is 25.5 Å². The van der Waals surface area contributed by atoms with Gasteiger partial charge in [0.25, 0.3) is 0 Å². The molecule has 0 N–H and O–H groups in total. The summed E-state index contributed by atoms with van der Waals surface area (Å²) in [5, 5.41) is 0.570. The number of aliphatic imine (C=N–C) groups is 1. The monoisotopic (exact) mass is 333 g/mol. The number of anilines is 2. The van der Waals surface area contributed by atoms with Crippen LogP contribution in [0.2, 0.25) is 5.02 Å².